The zero-order valence-electron chi connectivity index (χ0n) is 16.5. The molecule has 1 aliphatic rings. The van der Waals surface area contributed by atoms with Crippen LogP contribution in [0.2, 0.25) is 0 Å². The number of rotatable bonds is 7. The van der Waals surface area contributed by atoms with Crippen LogP contribution in [0.15, 0.2) is 47.4 Å². The van der Waals surface area contributed by atoms with Gasteiger partial charge in [-0.3, -0.25) is 19.6 Å². The average Bonchev–Trinajstić information content (AvgIpc) is 2.72. The third-order valence-corrected chi connectivity index (χ3v) is 6.08. The molecule has 152 valence electrons. The normalized spacial score (nSPS) is 15.8. The summed E-state index contributed by atoms with van der Waals surface area (Å²) in [5.74, 6) is -0.900. The van der Waals surface area contributed by atoms with E-state index in [1.165, 1.54) is 16.7 Å². The van der Waals surface area contributed by atoms with Gasteiger partial charge < -0.3 is 4.90 Å². The Hall–Kier alpha value is -2.64. The number of hydrogen-bond acceptors (Lipinski definition) is 5. The number of hydroxylamine groups is 1. The molecule has 2 amide bonds. The van der Waals surface area contributed by atoms with Crippen LogP contribution in [-0.4, -0.2) is 34.6 Å². The Labute approximate surface area is 174 Å². The van der Waals surface area contributed by atoms with Crippen molar-refractivity contribution in [3.63, 3.8) is 0 Å². The van der Waals surface area contributed by atoms with Gasteiger partial charge in [-0.15, -0.1) is 11.8 Å². The lowest BCUT2D eigenvalue weighted by molar-refractivity contribution is -0.129. The van der Waals surface area contributed by atoms with Gasteiger partial charge in [0.25, 0.3) is 5.91 Å². The molecule has 1 heterocycles. The predicted octanol–water partition coefficient (Wildman–Crippen LogP) is 3.53. The number of Topliss-reactive ketones (excluding diaryl/α,β-unsaturated/α-hetero) is 1. The fraction of sp³-hybridized carbons (Fsp3) is 0.318. The van der Waals surface area contributed by atoms with Crippen LogP contribution in [0.1, 0.15) is 41.3 Å². The number of fused-ring (bicyclic) bond motifs is 1. The molecule has 0 radical (unpaired) electrons. The molecule has 1 atom stereocenters. The topological polar surface area (TPSA) is 86.7 Å². The smallest absolute Gasteiger partial charge is 0.263 e. The lowest BCUT2D eigenvalue weighted by Crippen LogP contribution is -2.46. The molecule has 0 saturated carbocycles. The summed E-state index contributed by atoms with van der Waals surface area (Å²) in [6.07, 6.45) is 1.68. The van der Waals surface area contributed by atoms with Crippen molar-refractivity contribution in [2.24, 2.45) is 0 Å². The summed E-state index contributed by atoms with van der Waals surface area (Å²) in [6.45, 7) is 3.63. The Morgan fingerprint density at radius 3 is 2.55 bits per heavy atom. The number of nitrogens with zero attached hydrogens (tertiary/aromatic N) is 1. The highest BCUT2D eigenvalue weighted by molar-refractivity contribution is 8.01. The van der Waals surface area contributed by atoms with Crippen LogP contribution >= 0.6 is 11.8 Å². The average molecular weight is 413 g/mol. The van der Waals surface area contributed by atoms with Crippen LogP contribution in [0.25, 0.3) is 0 Å². The molecular formula is C22H24N2O4S. The SMILES string of the molecule is CCCC(=O)c1ccc2c(c1)N(CC(=O)NO)C(=O)C(Cc1ccc(C)cc1)S2. The van der Waals surface area contributed by atoms with Crippen LogP contribution in [-0.2, 0) is 16.0 Å². The first-order valence-electron chi connectivity index (χ1n) is 9.56. The minimum Gasteiger partial charge on any atom is -0.301 e. The number of anilines is 1. The molecular weight excluding hydrogens is 388 g/mol. The molecule has 2 N–H and O–H groups in total. The minimum absolute atomic E-state index is 0.00101. The predicted molar refractivity (Wildman–Crippen MR) is 112 cm³/mol. The Morgan fingerprint density at radius 1 is 1.17 bits per heavy atom. The molecule has 0 aromatic heterocycles. The molecule has 29 heavy (non-hydrogen) atoms. The van der Waals surface area contributed by atoms with E-state index in [0.717, 1.165) is 22.4 Å². The van der Waals surface area contributed by atoms with Crippen molar-refractivity contribution in [2.75, 3.05) is 11.4 Å². The molecule has 0 spiro atoms. The van der Waals surface area contributed by atoms with E-state index in [-0.39, 0.29) is 18.2 Å². The number of hydrogen-bond donors (Lipinski definition) is 2. The summed E-state index contributed by atoms with van der Waals surface area (Å²) in [4.78, 5) is 39.5. The second-order valence-electron chi connectivity index (χ2n) is 7.11. The van der Waals surface area contributed by atoms with Crippen molar-refractivity contribution in [2.45, 2.75) is 43.3 Å². The van der Waals surface area contributed by atoms with E-state index >= 15 is 0 Å². The number of ketones is 1. The van der Waals surface area contributed by atoms with Crippen molar-refractivity contribution < 1.29 is 19.6 Å². The molecule has 0 fully saturated rings. The highest BCUT2D eigenvalue weighted by atomic mass is 32.2. The van der Waals surface area contributed by atoms with Gasteiger partial charge in [0.15, 0.2) is 5.78 Å². The highest BCUT2D eigenvalue weighted by Gasteiger charge is 2.35. The van der Waals surface area contributed by atoms with E-state index in [2.05, 4.69) is 0 Å². The number of carbonyl (C=O) groups is 3. The third-order valence-electron chi connectivity index (χ3n) is 4.83. The highest BCUT2D eigenvalue weighted by Crippen LogP contribution is 2.41. The van der Waals surface area contributed by atoms with Gasteiger partial charge in [0, 0.05) is 16.9 Å². The number of nitrogens with one attached hydrogen (secondary N) is 1. The van der Waals surface area contributed by atoms with Crippen molar-refractivity contribution in [3.05, 3.63) is 59.2 Å². The number of amides is 2. The van der Waals surface area contributed by atoms with Crippen molar-refractivity contribution in [3.8, 4) is 0 Å². The van der Waals surface area contributed by atoms with E-state index in [1.807, 2.05) is 44.2 Å². The lowest BCUT2D eigenvalue weighted by atomic mass is 10.0. The summed E-state index contributed by atoms with van der Waals surface area (Å²) < 4.78 is 0. The fourth-order valence-electron chi connectivity index (χ4n) is 3.28. The van der Waals surface area contributed by atoms with Gasteiger partial charge in [-0.2, -0.15) is 0 Å². The molecule has 1 aliphatic heterocycles. The zero-order valence-corrected chi connectivity index (χ0v) is 17.3. The summed E-state index contributed by atoms with van der Waals surface area (Å²) in [5.41, 5.74) is 4.82. The van der Waals surface area contributed by atoms with Crippen molar-refractivity contribution in [1.82, 2.24) is 5.48 Å². The lowest BCUT2D eigenvalue weighted by Gasteiger charge is -2.33. The Kier molecular flexibility index (Phi) is 6.71. The molecule has 1 unspecified atom stereocenters. The summed E-state index contributed by atoms with van der Waals surface area (Å²) in [6, 6.07) is 13.3. The molecule has 2 aromatic carbocycles. The minimum atomic E-state index is -0.685. The van der Waals surface area contributed by atoms with Gasteiger partial charge in [-0.05, 0) is 37.5 Å². The Balaban J connectivity index is 1.94. The molecule has 3 rings (SSSR count). The van der Waals surface area contributed by atoms with Gasteiger partial charge in [0.2, 0.25) is 5.91 Å². The molecule has 0 aliphatic carbocycles. The largest absolute Gasteiger partial charge is 0.301 e. The van der Waals surface area contributed by atoms with E-state index < -0.39 is 11.2 Å². The van der Waals surface area contributed by atoms with Crippen molar-refractivity contribution in [1.29, 1.82) is 0 Å². The van der Waals surface area contributed by atoms with Gasteiger partial charge in [0.1, 0.15) is 6.54 Å². The van der Waals surface area contributed by atoms with E-state index in [0.29, 0.717) is 24.1 Å². The first kappa shape index (κ1) is 21.1. The van der Waals surface area contributed by atoms with Crippen LogP contribution in [0.5, 0.6) is 0 Å². The Bertz CT molecular complexity index is 927. The maximum absolute atomic E-state index is 13.2. The second kappa shape index (κ2) is 9.24. The van der Waals surface area contributed by atoms with Crippen LogP contribution in [0, 0.1) is 6.92 Å². The molecule has 0 saturated heterocycles. The summed E-state index contributed by atoms with van der Waals surface area (Å²) in [5, 5.41) is 8.55. The van der Waals surface area contributed by atoms with E-state index in [9.17, 15) is 14.4 Å². The Morgan fingerprint density at radius 2 is 1.90 bits per heavy atom. The van der Waals surface area contributed by atoms with E-state index in [1.54, 1.807) is 17.6 Å². The number of benzene rings is 2. The quantitative estimate of drug-likeness (QED) is 0.413. The number of carbonyl (C=O) groups excluding carboxylic acids is 3. The molecule has 7 heteroatoms. The molecule has 2 aromatic rings. The third kappa shape index (κ3) is 4.86. The maximum atomic E-state index is 13.2. The first-order valence-corrected chi connectivity index (χ1v) is 10.4. The summed E-state index contributed by atoms with van der Waals surface area (Å²) in [7, 11) is 0. The van der Waals surface area contributed by atoms with Gasteiger partial charge in [-0.25, -0.2) is 5.48 Å². The van der Waals surface area contributed by atoms with Crippen LogP contribution in [0.3, 0.4) is 0 Å². The fourth-order valence-corrected chi connectivity index (χ4v) is 4.53. The molecule has 6 nitrogen and oxygen atoms in total. The second-order valence-corrected chi connectivity index (χ2v) is 8.36. The zero-order chi connectivity index (χ0) is 21.0. The summed E-state index contributed by atoms with van der Waals surface area (Å²) >= 11 is 1.44. The van der Waals surface area contributed by atoms with Gasteiger partial charge in [-0.1, -0.05) is 42.8 Å². The number of aryl methyl sites for hydroxylation is 1. The van der Waals surface area contributed by atoms with Gasteiger partial charge in [0.05, 0.1) is 10.9 Å². The van der Waals surface area contributed by atoms with Gasteiger partial charge >= 0.3 is 0 Å². The first-order chi connectivity index (χ1) is 13.9. The van der Waals surface area contributed by atoms with E-state index in [4.69, 9.17) is 5.21 Å². The number of thioether (sulfide) groups is 1. The maximum Gasteiger partial charge on any atom is 0.263 e. The van der Waals surface area contributed by atoms with Crippen LogP contribution < -0.4 is 10.4 Å². The van der Waals surface area contributed by atoms with Crippen LogP contribution in [0.4, 0.5) is 5.69 Å². The monoisotopic (exact) mass is 412 g/mol. The molecule has 0 bridgehead atoms. The standard InChI is InChI=1S/C22H24N2O4S/c1-3-4-18(25)16-9-10-19-17(12-16)24(13-21(26)23-28)22(27)20(29-19)11-15-7-5-14(2)6-8-15/h5-10,12,20,28H,3-4,11,13H2,1-2H3,(H,23,26). The van der Waals surface area contributed by atoms with Crippen molar-refractivity contribution >= 4 is 35.0 Å².